The van der Waals surface area contributed by atoms with E-state index in [0.29, 0.717) is 19.6 Å². The number of carbonyl (C=O) groups is 1. The van der Waals surface area contributed by atoms with Crippen LogP contribution in [0.1, 0.15) is 29.9 Å². The maximum Gasteiger partial charge on any atom is 0.426 e. The number of benzene rings is 2. The van der Waals surface area contributed by atoms with E-state index in [0.717, 1.165) is 29.7 Å². The summed E-state index contributed by atoms with van der Waals surface area (Å²) in [6, 6.07) is 12.1. The Balaban J connectivity index is 1.45. The normalized spacial score (nSPS) is 15.3. The van der Waals surface area contributed by atoms with Crippen LogP contribution in [-0.4, -0.2) is 41.6 Å². The first-order valence-corrected chi connectivity index (χ1v) is 8.90. The van der Waals surface area contributed by atoms with Gasteiger partial charge < -0.3 is 25.1 Å². The van der Waals surface area contributed by atoms with Gasteiger partial charge in [-0.2, -0.15) is 0 Å². The first-order valence-electron chi connectivity index (χ1n) is 8.90. The molecule has 0 atom stereocenters. The fourth-order valence-electron chi connectivity index (χ4n) is 3.24. The molecule has 1 aliphatic heterocycles. The molecule has 1 fully saturated rings. The van der Waals surface area contributed by atoms with E-state index < -0.39 is 6.09 Å². The average molecular weight is 372 g/mol. The lowest BCUT2D eigenvalue weighted by molar-refractivity contribution is -0.113. The number of nitrogens with one attached hydrogen (secondary N) is 1. The highest BCUT2D eigenvalue weighted by Gasteiger charge is 2.25. The van der Waals surface area contributed by atoms with E-state index in [1.807, 2.05) is 24.3 Å². The molecule has 0 spiro atoms. The topological polar surface area (TPSA) is 91.3 Å². The number of phenolic OH excluding ortho intramolecular Hbond substituents is 2. The Bertz CT molecular complexity index is 788. The number of methoxy groups -OCH3 is 1. The van der Waals surface area contributed by atoms with E-state index in [4.69, 9.17) is 9.57 Å². The van der Waals surface area contributed by atoms with E-state index in [1.54, 1.807) is 24.3 Å². The molecule has 2 aromatic carbocycles. The minimum atomic E-state index is -0.497. The summed E-state index contributed by atoms with van der Waals surface area (Å²) in [4.78, 5) is 17.4. The van der Waals surface area contributed by atoms with Gasteiger partial charge in [-0.1, -0.05) is 18.2 Å². The van der Waals surface area contributed by atoms with Crippen LogP contribution in [0.25, 0.3) is 0 Å². The molecule has 0 bridgehead atoms. The Kier molecular flexibility index (Phi) is 6.03. The summed E-state index contributed by atoms with van der Waals surface area (Å²) in [5.41, 5.74) is 1.74. The van der Waals surface area contributed by atoms with Crippen LogP contribution >= 0.6 is 0 Å². The van der Waals surface area contributed by atoms with Crippen molar-refractivity contribution in [2.45, 2.75) is 25.3 Å². The fourth-order valence-corrected chi connectivity index (χ4v) is 3.24. The maximum atomic E-state index is 12.0. The predicted octanol–water partition coefficient (Wildman–Crippen LogP) is 3.13. The number of hydrogen-bond donors (Lipinski definition) is 3. The maximum absolute atomic E-state index is 12.0. The number of hydrogen-bond acceptors (Lipinski definition) is 6. The third kappa shape index (κ3) is 5.04. The van der Waals surface area contributed by atoms with Crippen molar-refractivity contribution < 1.29 is 24.6 Å². The molecule has 1 saturated heterocycles. The van der Waals surface area contributed by atoms with Crippen molar-refractivity contribution >= 4 is 6.09 Å². The smallest absolute Gasteiger partial charge is 0.426 e. The minimum absolute atomic E-state index is 0.0460. The summed E-state index contributed by atoms with van der Waals surface area (Å²) < 4.78 is 5.16. The molecule has 3 N–H and O–H groups in total. The van der Waals surface area contributed by atoms with Gasteiger partial charge in [0.2, 0.25) is 0 Å². The van der Waals surface area contributed by atoms with Crippen LogP contribution in [0, 0.1) is 0 Å². The number of carbonyl (C=O) groups excluding carboxylic acids is 1. The number of phenols is 2. The summed E-state index contributed by atoms with van der Waals surface area (Å²) in [5.74, 6) is 1.06. The predicted molar refractivity (Wildman–Crippen MR) is 99.6 cm³/mol. The number of hydroxylamine groups is 2. The summed E-state index contributed by atoms with van der Waals surface area (Å²) in [6.45, 7) is 1.52. The van der Waals surface area contributed by atoms with Crippen LogP contribution in [0.5, 0.6) is 17.2 Å². The molecule has 1 aliphatic rings. The van der Waals surface area contributed by atoms with Gasteiger partial charge in [0.25, 0.3) is 0 Å². The first-order chi connectivity index (χ1) is 13.0. The van der Waals surface area contributed by atoms with Gasteiger partial charge in [0, 0.05) is 25.7 Å². The van der Waals surface area contributed by atoms with E-state index in [-0.39, 0.29) is 17.4 Å². The van der Waals surface area contributed by atoms with Crippen LogP contribution in [0.2, 0.25) is 0 Å². The van der Waals surface area contributed by atoms with E-state index in [1.165, 1.54) is 6.07 Å². The summed E-state index contributed by atoms with van der Waals surface area (Å²) >= 11 is 0. The Morgan fingerprint density at radius 2 is 1.96 bits per heavy atom. The van der Waals surface area contributed by atoms with Crippen molar-refractivity contribution in [3.8, 4) is 17.2 Å². The van der Waals surface area contributed by atoms with E-state index in [9.17, 15) is 15.0 Å². The molecule has 0 aromatic heterocycles. The monoisotopic (exact) mass is 372 g/mol. The second-order valence-electron chi connectivity index (χ2n) is 6.53. The third-order valence-electron chi connectivity index (χ3n) is 4.69. The van der Waals surface area contributed by atoms with Gasteiger partial charge in [-0.25, -0.2) is 4.79 Å². The van der Waals surface area contributed by atoms with Crippen LogP contribution in [0.4, 0.5) is 4.79 Å². The molecule has 3 rings (SSSR count). The lowest BCUT2D eigenvalue weighted by Crippen LogP contribution is -2.38. The highest BCUT2D eigenvalue weighted by molar-refractivity contribution is 5.66. The Labute approximate surface area is 158 Å². The van der Waals surface area contributed by atoms with Gasteiger partial charge in [-0.05, 0) is 48.1 Å². The highest BCUT2D eigenvalue weighted by atomic mass is 16.7. The van der Waals surface area contributed by atoms with Crippen LogP contribution in [0.15, 0.2) is 42.5 Å². The molecule has 2 aromatic rings. The fraction of sp³-hybridized carbons (Fsp3) is 0.350. The Hall–Kier alpha value is -2.93. The molecular formula is C20H24N2O5. The number of aromatic hydroxyl groups is 2. The van der Waals surface area contributed by atoms with Gasteiger partial charge in [0.15, 0.2) is 0 Å². The average Bonchev–Trinajstić information content (AvgIpc) is 2.67. The lowest BCUT2D eigenvalue weighted by atomic mass is 9.89. The molecule has 7 heteroatoms. The molecule has 144 valence electrons. The van der Waals surface area contributed by atoms with Crippen LogP contribution in [-0.2, 0) is 11.4 Å². The quantitative estimate of drug-likeness (QED) is 0.747. The zero-order chi connectivity index (χ0) is 19.2. The minimum Gasteiger partial charge on any atom is -0.508 e. The highest BCUT2D eigenvalue weighted by Crippen LogP contribution is 2.35. The van der Waals surface area contributed by atoms with Gasteiger partial charge in [0.05, 0.1) is 7.11 Å². The molecule has 0 radical (unpaired) electrons. The number of piperidine rings is 1. The van der Waals surface area contributed by atoms with Crippen molar-refractivity contribution in [2.75, 3.05) is 20.2 Å². The van der Waals surface area contributed by atoms with Crippen molar-refractivity contribution in [1.29, 1.82) is 0 Å². The van der Waals surface area contributed by atoms with E-state index in [2.05, 4.69) is 5.32 Å². The van der Waals surface area contributed by atoms with Crippen LogP contribution < -0.4 is 10.1 Å². The Morgan fingerprint density at radius 3 is 2.67 bits per heavy atom. The van der Waals surface area contributed by atoms with Gasteiger partial charge in [0.1, 0.15) is 17.2 Å². The van der Waals surface area contributed by atoms with Gasteiger partial charge in [-0.3, -0.25) is 0 Å². The molecule has 7 nitrogen and oxygen atoms in total. The van der Waals surface area contributed by atoms with Crippen molar-refractivity contribution in [2.24, 2.45) is 0 Å². The molecule has 0 aliphatic carbocycles. The summed E-state index contributed by atoms with van der Waals surface area (Å²) in [5, 5.41) is 23.8. The van der Waals surface area contributed by atoms with Gasteiger partial charge >= 0.3 is 6.09 Å². The first kappa shape index (κ1) is 18.8. The van der Waals surface area contributed by atoms with Crippen molar-refractivity contribution in [3.63, 3.8) is 0 Å². The zero-order valence-electron chi connectivity index (χ0n) is 15.2. The number of rotatable bonds is 5. The third-order valence-corrected chi connectivity index (χ3v) is 4.69. The van der Waals surface area contributed by atoms with Crippen molar-refractivity contribution in [3.05, 3.63) is 53.6 Å². The largest absolute Gasteiger partial charge is 0.508 e. The second-order valence-corrected chi connectivity index (χ2v) is 6.53. The molecule has 1 amide bonds. The second kappa shape index (κ2) is 8.64. The molecule has 1 heterocycles. The zero-order valence-corrected chi connectivity index (χ0v) is 15.2. The van der Waals surface area contributed by atoms with Gasteiger partial charge in [-0.15, -0.1) is 5.06 Å². The molecular weight excluding hydrogens is 348 g/mol. The summed E-state index contributed by atoms with van der Waals surface area (Å²) in [7, 11) is 1.60. The molecule has 0 saturated carbocycles. The standard InChI is InChI=1S/C20H24N2O5/c1-26-17-4-2-3-14(11-17)13-21-20(25)27-22-9-7-15(8-10-22)18-6-5-16(23)12-19(18)24/h2-6,11-12,15,23-24H,7-10,13H2,1H3,(H,21,25). The van der Waals surface area contributed by atoms with Crippen molar-refractivity contribution in [1.82, 2.24) is 10.4 Å². The molecule has 0 unspecified atom stereocenters. The van der Waals surface area contributed by atoms with Crippen LogP contribution in [0.3, 0.4) is 0 Å². The molecule has 27 heavy (non-hydrogen) atoms. The number of ether oxygens (including phenoxy) is 1. The van der Waals surface area contributed by atoms with E-state index >= 15 is 0 Å². The SMILES string of the molecule is COc1cccc(CNC(=O)ON2CCC(c3ccc(O)cc3O)CC2)c1. The Morgan fingerprint density at radius 1 is 1.19 bits per heavy atom. The number of amides is 1. The number of nitrogens with zero attached hydrogens (tertiary/aromatic N) is 1. The lowest BCUT2D eigenvalue weighted by Gasteiger charge is -2.30. The summed E-state index contributed by atoms with van der Waals surface area (Å²) in [6.07, 6.45) is 1.01.